The van der Waals surface area contributed by atoms with Crippen molar-refractivity contribution in [3.8, 4) is 11.8 Å². The molecule has 3 nitrogen and oxygen atoms in total. The highest BCUT2D eigenvalue weighted by atomic mass is 16.5. The van der Waals surface area contributed by atoms with Crippen LogP contribution in [0.5, 0.6) is 5.75 Å². The maximum absolute atomic E-state index is 9.43. The molecule has 1 saturated carbocycles. The number of nitrogens with zero attached hydrogens (tertiary/aromatic N) is 1. The Balaban J connectivity index is 1.93. The predicted octanol–water partition coefficient (Wildman–Crippen LogP) is 3.35. The highest BCUT2D eigenvalue weighted by Gasteiger charge is 2.41. The first-order valence-corrected chi connectivity index (χ1v) is 7.41. The standard InChI is InChI=1S/C17H24N2O/c1-13-6-7-14(2)16(11-13)20-10-8-15-5-4-9-17(15,12-18)19-3/h6-7,11,15,19H,4-5,8-10H2,1-3H3. The Bertz CT molecular complexity index is 506. The minimum absolute atomic E-state index is 0.342. The van der Waals surface area contributed by atoms with Gasteiger partial charge in [-0.15, -0.1) is 0 Å². The van der Waals surface area contributed by atoms with Gasteiger partial charge in [0.1, 0.15) is 11.3 Å². The molecule has 108 valence electrons. The summed E-state index contributed by atoms with van der Waals surface area (Å²) < 4.78 is 5.92. The van der Waals surface area contributed by atoms with E-state index in [4.69, 9.17) is 4.74 Å². The minimum atomic E-state index is -0.342. The molecule has 0 amide bonds. The van der Waals surface area contributed by atoms with E-state index >= 15 is 0 Å². The normalized spacial score (nSPS) is 25.4. The number of nitriles is 1. The topological polar surface area (TPSA) is 45.0 Å². The molecule has 2 rings (SSSR count). The number of hydrogen-bond donors (Lipinski definition) is 1. The zero-order valence-corrected chi connectivity index (χ0v) is 12.7. The van der Waals surface area contributed by atoms with Crippen molar-refractivity contribution in [2.75, 3.05) is 13.7 Å². The van der Waals surface area contributed by atoms with Crippen molar-refractivity contribution >= 4 is 0 Å². The van der Waals surface area contributed by atoms with E-state index in [1.807, 2.05) is 7.05 Å². The Hall–Kier alpha value is -1.53. The summed E-state index contributed by atoms with van der Waals surface area (Å²) in [4.78, 5) is 0. The van der Waals surface area contributed by atoms with Gasteiger partial charge in [-0.1, -0.05) is 18.6 Å². The molecule has 0 spiro atoms. The van der Waals surface area contributed by atoms with E-state index in [0.29, 0.717) is 12.5 Å². The predicted molar refractivity (Wildman–Crippen MR) is 80.8 cm³/mol. The average molecular weight is 272 g/mol. The van der Waals surface area contributed by atoms with Crippen LogP contribution in [0.3, 0.4) is 0 Å². The monoisotopic (exact) mass is 272 g/mol. The summed E-state index contributed by atoms with van der Waals surface area (Å²) in [6, 6.07) is 8.75. The fourth-order valence-corrected chi connectivity index (χ4v) is 3.17. The van der Waals surface area contributed by atoms with Gasteiger partial charge in [0.2, 0.25) is 0 Å². The molecule has 0 radical (unpaired) electrons. The largest absolute Gasteiger partial charge is 0.493 e. The molecule has 0 aliphatic heterocycles. The molecule has 0 aromatic heterocycles. The van der Waals surface area contributed by atoms with E-state index < -0.39 is 0 Å². The molecule has 0 bridgehead atoms. The third-order valence-corrected chi connectivity index (χ3v) is 4.53. The number of benzene rings is 1. The number of rotatable bonds is 5. The van der Waals surface area contributed by atoms with E-state index in [-0.39, 0.29) is 5.54 Å². The van der Waals surface area contributed by atoms with Crippen molar-refractivity contribution in [1.82, 2.24) is 5.32 Å². The van der Waals surface area contributed by atoms with Crippen molar-refractivity contribution in [3.63, 3.8) is 0 Å². The third-order valence-electron chi connectivity index (χ3n) is 4.53. The summed E-state index contributed by atoms with van der Waals surface area (Å²) in [6.07, 6.45) is 4.13. The number of aryl methyl sites for hydroxylation is 2. The Morgan fingerprint density at radius 3 is 2.95 bits per heavy atom. The summed E-state index contributed by atoms with van der Waals surface area (Å²) in [5, 5.41) is 12.7. The molecule has 1 aliphatic rings. The first-order chi connectivity index (χ1) is 9.61. The molecule has 1 N–H and O–H groups in total. The van der Waals surface area contributed by atoms with Gasteiger partial charge in [0, 0.05) is 0 Å². The fourth-order valence-electron chi connectivity index (χ4n) is 3.17. The molecule has 1 fully saturated rings. The lowest BCUT2D eigenvalue weighted by molar-refractivity contribution is 0.238. The molecular formula is C17H24N2O. The molecule has 2 unspecified atom stereocenters. The van der Waals surface area contributed by atoms with E-state index in [2.05, 4.69) is 43.4 Å². The highest BCUT2D eigenvalue weighted by molar-refractivity contribution is 5.35. The molecular weight excluding hydrogens is 248 g/mol. The highest BCUT2D eigenvalue weighted by Crippen LogP contribution is 2.37. The van der Waals surface area contributed by atoms with E-state index in [0.717, 1.165) is 31.4 Å². The molecule has 1 aromatic rings. The lowest BCUT2D eigenvalue weighted by atomic mass is 9.86. The van der Waals surface area contributed by atoms with Gasteiger partial charge in [0.15, 0.2) is 0 Å². The Kier molecular flexibility index (Phi) is 4.67. The second kappa shape index (κ2) is 6.28. The summed E-state index contributed by atoms with van der Waals surface area (Å²) in [5.41, 5.74) is 2.04. The zero-order valence-electron chi connectivity index (χ0n) is 12.7. The Morgan fingerprint density at radius 2 is 2.25 bits per heavy atom. The van der Waals surface area contributed by atoms with Gasteiger partial charge in [0.05, 0.1) is 12.7 Å². The Labute approximate surface area is 121 Å². The van der Waals surface area contributed by atoms with Crippen molar-refractivity contribution in [2.45, 2.75) is 45.1 Å². The summed E-state index contributed by atoms with van der Waals surface area (Å²) in [5.74, 6) is 1.36. The van der Waals surface area contributed by atoms with Crippen LogP contribution in [0, 0.1) is 31.1 Å². The number of hydrogen-bond acceptors (Lipinski definition) is 3. The van der Waals surface area contributed by atoms with Crippen LogP contribution >= 0.6 is 0 Å². The van der Waals surface area contributed by atoms with Crippen LogP contribution in [0.2, 0.25) is 0 Å². The lowest BCUT2D eigenvalue weighted by Crippen LogP contribution is -2.45. The number of ether oxygens (including phenoxy) is 1. The van der Waals surface area contributed by atoms with Gasteiger partial charge in [-0.2, -0.15) is 5.26 Å². The zero-order chi connectivity index (χ0) is 14.6. The Morgan fingerprint density at radius 1 is 1.45 bits per heavy atom. The SMILES string of the molecule is CNC1(C#N)CCCC1CCOc1cc(C)ccc1C. The smallest absolute Gasteiger partial charge is 0.122 e. The molecule has 1 aromatic carbocycles. The van der Waals surface area contributed by atoms with Crippen LogP contribution < -0.4 is 10.1 Å². The third kappa shape index (κ3) is 2.96. The van der Waals surface area contributed by atoms with Crippen LogP contribution in [0.4, 0.5) is 0 Å². The maximum atomic E-state index is 9.43. The second-order valence-corrected chi connectivity index (χ2v) is 5.83. The fraction of sp³-hybridized carbons (Fsp3) is 0.588. The van der Waals surface area contributed by atoms with Gasteiger partial charge in [0.25, 0.3) is 0 Å². The van der Waals surface area contributed by atoms with Crippen molar-refractivity contribution < 1.29 is 4.74 Å². The van der Waals surface area contributed by atoms with Gasteiger partial charge in [-0.25, -0.2) is 0 Å². The first kappa shape index (κ1) is 14.9. The molecule has 1 aliphatic carbocycles. The van der Waals surface area contributed by atoms with E-state index in [1.54, 1.807) is 0 Å². The van der Waals surface area contributed by atoms with Crippen LogP contribution in [0.25, 0.3) is 0 Å². The van der Waals surface area contributed by atoms with Gasteiger partial charge >= 0.3 is 0 Å². The maximum Gasteiger partial charge on any atom is 0.122 e. The molecule has 3 heteroatoms. The van der Waals surface area contributed by atoms with Gasteiger partial charge < -0.3 is 10.1 Å². The molecule has 2 atom stereocenters. The molecule has 0 heterocycles. The quantitative estimate of drug-likeness (QED) is 0.894. The average Bonchev–Trinajstić information content (AvgIpc) is 2.86. The van der Waals surface area contributed by atoms with E-state index in [1.165, 1.54) is 11.1 Å². The second-order valence-electron chi connectivity index (χ2n) is 5.83. The summed E-state index contributed by atoms with van der Waals surface area (Å²) in [7, 11) is 1.90. The minimum Gasteiger partial charge on any atom is -0.493 e. The van der Waals surface area contributed by atoms with Crippen molar-refractivity contribution in [2.24, 2.45) is 5.92 Å². The van der Waals surface area contributed by atoms with Crippen LogP contribution in [0.1, 0.15) is 36.8 Å². The molecule has 0 saturated heterocycles. The summed E-state index contributed by atoms with van der Waals surface area (Å²) in [6.45, 7) is 4.82. The first-order valence-electron chi connectivity index (χ1n) is 7.41. The summed E-state index contributed by atoms with van der Waals surface area (Å²) >= 11 is 0. The van der Waals surface area contributed by atoms with E-state index in [9.17, 15) is 5.26 Å². The van der Waals surface area contributed by atoms with Crippen molar-refractivity contribution in [1.29, 1.82) is 5.26 Å². The lowest BCUT2D eigenvalue weighted by Gasteiger charge is -2.28. The van der Waals surface area contributed by atoms with Crippen LogP contribution in [-0.2, 0) is 0 Å². The van der Waals surface area contributed by atoms with Crippen LogP contribution in [0.15, 0.2) is 18.2 Å². The van der Waals surface area contributed by atoms with Crippen LogP contribution in [-0.4, -0.2) is 19.2 Å². The molecule has 20 heavy (non-hydrogen) atoms. The van der Waals surface area contributed by atoms with Gasteiger partial charge in [-0.05, 0) is 63.3 Å². The van der Waals surface area contributed by atoms with Gasteiger partial charge in [-0.3, -0.25) is 0 Å². The number of nitrogens with one attached hydrogen (secondary N) is 1. The van der Waals surface area contributed by atoms with Crippen molar-refractivity contribution in [3.05, 3.63) is 29.3 Å².